The van der Waals surface area contributed by atoms with Crippen LogP contribution in [0.2, 0.25) is 0 Å². The fourth-order valence-corrected chi connectivity index (χ4v) is 2.92. The van der Waals surface area contributed by atoms with E-state index in [9.17, 15) is 4.79 Å². The summed E-state index contributed by atoms with van der Waals surface area (Å²) in [6.07, 6.45) is 4.62. The van der Waals surface area contributed by atoms with Crippen molar-refractivity contribution in [3.05, 3.63) is 35.4 Å². The van der Waals surface area contributed by atoms with E-state index in [4.69, 9.17) is 0 Å². The maximum Gasteiger partial charge on any atom is 0.251 e. The molecule has 0 spiro atoms. The molecule has 1 aliphatic carbocycles. The lowest BCUT2D eigenvalue weighted by Crippen LogP contribution is -2.39. The van der Waals surface area contributed by atoms with Gasteiger partial charge in [0.1, 0.15) is 0 Å². The predicted octanol–water partition coefficient (Wildman–Crippen LogP) is 2.95. The number of guanidine groups is 1. The molecule has 1 aromatic rings. The van der Waals surface area contributed by atoms with Gasteiger partial charge in [0.25, 0.3) is 5.91 Å². The lowest BCUT2D eigenvalue weighted by molar-refractivity contribution is 0.0963. The van der Waals surface area contributed by atoms with Gasteiger partial charge in [0.15, 0.2) is 5.96 Å². The second-order valence-electron chi connectivity index (χ2n) is 6.33. The molecule has 1 aliphatic rings. The number of nitrogens with one attached hydrogen (secondary N) is 3. The van der Waals surface area contributed by atoms with Gasteiger partial charge < -0.3 is 16.0 Å². The molecule has 2 rings (SSSR count). The van der Waals surface area contributed by atoms with Crippen molar-refractivity contribution in [2.75, 3.05) is 20.1 Å². The molecule has 1 saturated carbocycles. The fourth-order valence-electron chi connectivity index (χ4n) is 2.92. The predicted molar refractivity (Wildman–Crippen MR) is 115 cm³/mol. The van der Waals surface area contributed by atoms with Crippen molar-refractivity contribution in [1.29, 1.82) is 0 Å². The lowest BCUT2D eigenvalue weighted by Gasteiger charge is -2.11. The SMILES string of the molecule is CCCC1CC1NC(=NCCc1cccc(C(=O)NC)c1)NCC.I. The number of nitrogens with zero attached hydrogens (tertiary/aromatic N) is 1. The first kappa shape index (κ1) is 21.7. The van der Waals surface area contributed by atoms with E-state index >= 15 is 0 Å². The number of amides is 1. The van der Waals surface area contributed by atoms with Gasteiger partial charge in [-0.25, -0.2) is 0 Å². The third kappa shape index (κ3) is 7.22. The lowest BCUT2D eigenvalue weighted by atomic mass is 10.1. The van der Waals surface area contributed by atoms with Crippen LogP contribution in [0, 0.1) is 5.92 Å². The van der Waals surface area contributed by atoms with Crippen LogP contribution >= 0.6 is 24.0 Å². The molecule has 5 nitrogen and oxygen atoms in total. The molecule has 0 saturated heterocycles. The van der Waals surface area contributed by atoms with Crippen LogP contribution in [0.15, 0.2) is 29.3 Å². The van der Waals surface area contributed by atoms with E-state index in [0.717, 1.165) is 30.4 Å². The van der Waals surface area contributed by atoms with E-state index < -0.39 is 0 Å². The summed E-state index contributed by atoms with van der Waals surface area (Å²) in [5.41, 5.74) is 1.83. The highest BCUT2D eigenvalue weighted by Crippen LogP contribution is 2.34. The molecule has 2 atom stereocenters. The summed E-state index contributed by atoms with van der Waals surface area (Å²) < 4.78 is 0. The van der Waals surface area contributed by atoms with E-state index in [-0.39, 0.29) is 29.9 Å². The normalized spacial score (nSPS) is 18.9. The highest BCUT2D eigenvalue weighted by molar-refractivity contribution is 14.0. The zero-order chi connectivity index (χ0) is 17.4. The summed E-state index contributed by atoms with van der Waals surface area (Å²) in [7, 11) is 1.65. The summed E-state index contributed by atoms with van der Waals surface area (Å²) in [5.74, 6) is 1.66. The minimum atomic E-state index is -0.0499. The number of halogens is 1. The van der Waals surface area contributed by atoms with Gasteiger partial charge in [-0.15, -0.1) is 24.0 Å². The Bertz CT molecular complexity index is 576. The van der Waals surface area contributed by atoms with Gasteiger partial charge in [0, 0.05) is 31.7 Å². The summed E-state index contributed by atoms with van der Waals surface area (Å²) in [4.78, 5) is 16.4. The van der Waals surface area contributed by atoms with Gasteiger partial charge in [-0.05, 0) is 49.8 Å². The minimum absolute atomic E-state index is 0. The summed E-state index contributed by atoms with van der Waals surface area (Å²) in [6, 6.07) is 8.32. The average molecular weight is 458 g/mol. The topological polar surface area (TPSA) is 65.5 Å². The second-order valence-corrected chi connectivity index (χ2v) is 6.33. The molecular weight excluding hydrogens is 427 g/mol. The maximum atomic E-state index is 11.7. The van der Waals surface area contributed by atoms with E-state index in [1.54, 1.807) is 7.05 Å². The number of carbonyl (C=O) groups is 1. The number of hydrogen-bond donors (Lipinski definition) is 3. The Hall–Kier alpha value is -1.31. The summed E-state index contributed by atoms with van der Waals surface area (Å²) in [5, 5.41) is 9.50. The van der Waals surface area contributed by atoms with Crippen molar-refractivity contribution in [1.82, 2.24) is 16.0 Å². The van der Waals surface area contributed by atoms with E-state index in [2.05, 4.69) is 34.8 Å². The molecule has 0 radical (unpaired) electrons. The summed E-state index contributed by atoms with van der Waals surface area (Å²) in [6.45, 7) is 5.89. The molecule has 0 heterocycles. The van der Waals surface area contributed by atoms with Crippen LogP contribution in [0.5, 0.6) is 0 Å². The molecule has 1 amide bonds. The Morgan fingerprint density at radius 2 is 2.12 bits per heavy atom. The van der Waals surface area contributed by atoms with Crippen LogP contribution in [-0.4, -0.2) is 38.0 Å². The Morgan fingerprint density at radius 1 is 1.32 bits per heavy atom. The quantitative estimate of drug-likeness (QED) is 0.319. The molecule has 2 unspecified atom stereocenters. The van der Waals surface area contributed by atoms with Crippen LogP contribution in [0.25, 0.3) is 0 Å². The number of hydrogen-bond acceptors (Lipinski definition) is 2. The van der Waals surface area contributed by atoms with Gasteiger partial charge >= 0.3 is 0 Å². The number of rotatable bonds is 8. The van der Waals surface area contributed by atoms with Gasteiger partial charge in [0.2, 0.25) is 0 Å². The molecule has 1 aromatic carbocycles. The van der Waals surface area contributed by atoms with Crippen molar-refractivity contribution in [3.63, 3.8) is 0 Å². The molecule has 0 aliphatic heterocycles. The molecule has 25 heavy (non-hydrogen) atoms. The molecule has 6 heteroatoms. The van der Waals surface area contributed by atoms with Crippen LogP contribution < -0.4 is 16.0 Å². The fraction of sp³-hybridized carbons (Fsp3) is 0.579. The van der Waals surface area contributed by atoms with Crippen LogP contribution in [0.4, 0.5) is 0 Å². The zero-order valence-corrected chi connectivity index (χ0v) is 17.8. The number of aliphatic imine (C=N–C) groups is 1. The van der Waals surface area contributed by atoms with E-state index in [1.807, 2.05) is 24.3 Å². The minimum Gasteiger partial charge on any atom is -0.357 e. The first-order valence-electron chi connectivity index (χ1n) is 9.03. The Labute approximate surface area is 168 Å². The average Bonchev–Trinajstić information content (AvgIpc) is 3.32. The second kappa shape index (κ2) is 11.3. The zero-order valence-electron chi connectivity index (χ0n) is 15.5. The molecule has 3 N–H and O–H groups in total. The first-order valence-corrected chi connectivity index (χ1v) is 9.03. The summed E-state index contributed by atoms with van der Waals surface area (Å²) >= 11 is 0. The van der Waals surface area contributed by atoms with E-state index in [0.29, 0.717) is 18.2 Å². The smallest absolute Gasteiger partial charge is 0.251 e. The van der Waals surface area contributed by atoms with Crippen molar-refractivity contribution < 1.29 is 4.79 Å². The maximum absolute atomic E-state index is 11.7. The highest BCUT2D eigenvalue weighted by atomic mass is 127. The third-order valence-corrected chi connectivity index (χ3v) is 4.34. The van der Waals surface area contributed by atoms with Gasteiger partial charge in [0.05, 0.1) is 0 Å². The third-order valence-electron chi connectivity index (χ3n) is 4.34. The Kier molecular flexibility index (Phi) is 9.85. The first-order chi connectivity index (χ1) is 11.7. The van der Waals surface area contributed by atoms with Crippen LogP contribution in [-0.2, 0) is 6.42 Å². The van der Waals surface area contributed by atoms with Gasteiger partial charge in [-0.1, -0.05) is 25.5 Å². The van der Waals surface area contributed by atoms with Crippen LogP contribution in [0.3, 0.4) is 0 Å². The largest absolute Gasteiger partial charge is 0.357 e. The molecular formula is C19H31IN4O. The molecule has 1 fully saturated rings. The van der Waals surface area contributed by atoms with Gasteiger partial charge in [-0.3, -0.25) is 9.79 Å². The highest BCUT2D eigenvalue weighted by Gasteiger charge is 2.36. The van der Waals surface area contributed by atoms with Crippen molar-refractivity contribution in [2.45, 2.75) is 45.6 Å². The van der Waals surface area contributed by atoms with Crippen molar-refractivity contribution in [2.24, 2.45) is 10.9 Å². The van der Waals surface area contributed by atoms with Gasteiger partial charge in [-0.2, -0.15) is 0 Å². The molecule has 0 aromatic heterocycles. The van der Waals surface area contributed by atoms with Crippen molar-refractivity contribution in [3.8, 4) is 0 Å². The van der Waals surface area contributed by atoms with Crippen LogP contribution in [0.1, 0.15) is 49.0 Å². The van der Waals surface area contributed by atoms with Crippen molar-refractivity contribution >= 4 is 35.8 Å². The van der Waals surface area contributed by atoms with E-state index in [1.165, 1.54) is 19.3 Å². The number of benzene rings is 1. The molecule has 140 valence electrons. The number of carbonyl (C=O) groups excluding carboxylic acids is 1. The Morgan fingerprint density at radius 3 is 2.80 bits per heavy atom. The standard InChI is InChI=1S/C19H30N4O.HI/c1-4-7-15-13-17(15)23-19(21-5-2)22-11-10-14-8-6-9-16(12-14)18(24)20-3;/h6,8-9,12,15,17H,4-5,7,10-11,13H2,1-3H3,(H,20,24)(H2,21,22,23);1H. The Balaban J connectivity index is 0.00000312. The molecule has 0 bridgehead atoms. The monoisotopic (exact) mass is 458 g/mol.